The van der Waals surface area contributed by atoms with Gasteiger partial charge in [0, 0.05) is 30.0 Å². The zero-order valence-corrected chi connectivity index (χ0v) is 12.2. The van der Waals surface area contributed by atoms with Crippen LogP contribution in [0.2, 0.25) is 0 Å². The van der Waals surface area contributed by atoms with Crippen molar-refractivity contribution in [3.8, 4) is 10.7 Å². The summed E-state index contributed by atoms with van der Waals surface area (Å²) in [5, 5.41) is 6.29. The summed E-state index contributed by atoms with van der Waals surface area (Å²) in [4.78, 5) is 11.2. The maximum atomic E-state index is 4.44. The summed E-state index contributed by atoms with van der Waals surface area (Å²) in [7, 11) is 0. The minimum atomic E-state index is 0.816. The van der Waals surface area contributed by atoms with E-state index >= 15 is 0 Å². The van der Waals surface area contributed by atoms with Gasteiger partial charge in [-0.1, -0.05) is 6.07 Å². The molecular formula is C13H14N4S2. The van der Waals surface area contributed by atoms with Crippen molar-refractivity contribution in [2.75, 3.05) is 11.9 Å². The van der Waals surface area contributed by atoms with Gasteiger partial charge in [0.25, 0.3) is 0 Å². The number of thiophene rings is 1. The molecule has 3 rings (SSSR count). The van der Waals surface area contributed by atoms with Crippen molar-refractivity contribution >= 4 is 27.8 Å². The van der Waals surface area contributed by atoms with Crippen LogP contribution in [0.15, 0.2) is 36.1 Å². The van der Waals surface area contributed by atoms with Gasteiger partial charge < -0.3 is 9.88 Å². The third kappa shape index (κ3) is 2.69. The van der Waals surface area contributed by atoms with E-state index in [1.165, 1.54) is 9.75 Å². The topological polar surface area (TPSA) is 42.7 Å². The number of aromatic nitrogens is 3. The van der Waals surface area contributed by atoms with Gasteiger partial charge in [0.05, 0.1) is 11.4 Å². The molecule has 0 atom stereocenters. The number of imidazole rings is 1. The molecule has 0 aliphatic heterocycles. The first kappa shape index (κ1) is 12.4. The highest BCUT2D eigenvalue weighted by Crippen LogP contribution is 2.25. The molecule has 98 valence electrons. The summed E-state index contributed by atoms with van der Waals surface area (Å²) >= 11 is 3.41. The van der Waals surface area contributed by atoms with Crippen LogP contribution in [0.5, 0.6) is 0 Å². The summed E-state index contributed by atoms with van der Waals surface area (Å²) < 4.78 is 2.16. The minimum absolute atomic E-state index is 0.816. The van der Waals surface area contributed by atoms with Crippen molar-refractivity contribution < 1.29 is 0 Å². The van der Waals surface area contributed by atoms with E-state index in [-0.39, 0.29) is 0 Å². The Bertz CT molecular complexity index is 639. The van der Waals surface area contributed by atoms with Crippen LogP contribution in [0.3, 0.4) is 0 Å². The van der Waals surface area contributed by atoms with E-state index in [1.807, 2.05) is 18.6 Å². The van der Waals surface area contributed by atoms with Crippen molar-refractivity contribution in [2.24, 2.45) is 0 Å². The van der Waals surface area contributed by atoms with Gasteiger partial charge in [0.1, 0.15) is 5.82 Å². The maximum Gasteiger partial charge on any atom is 0.182 e. The Labute approximate surface area is 119 Å². The van der Waals surface area contributed by atoms with Crippen molar-refractivity contribution in [1.29, 1.82) is 0 Å². The van der Waals surface area contributed by atoms with Gasteiger partial charge in [0.2, 0.25) is 0 Å². The normalized spacial score (nSPS) is 10.8. The molecule has 0 bridgehead atoms. The smallest absolute Gasteiger partial charge is 0.182 e. The first-order chi connectivity index (χ1) is 9.36. The maximum absolute atomic E-state index is 4.44. The van der Waals surface area contributed by atoms with Crippen LogP contribution in [-0.4, -0.2) is 21.1 Å². The summed E-state index contributed by atoms with van der Waals surface area (Å²) in [6.45, 7) is 3.79. The molecule has 1 N–H and O–H groups in total. The summed E-state index contributed by atoms with van der Waals surface area (Å²) in [6, 6.07) is 4.15. The fourth-order valence-electron chi connectivity index (χ4n) is 1.85. The second kappa shape index (κ2) is 5.54. The molecule has 3 aromatic rings. The van der Waals surface area contributed by atoms with Crippen LogP contribution >= 0.6 is 22.7 Å². The van der Waals surface area contributed by atoms with Crippen LogP contribution < -0.4 is 5.32 Å². The van der Waals surface area contributed by atoms with Crippen LogP contribution in [0.4, 0.5) is 5.13 Å². The SMILES string of the molecule is CCNc1ncc(Cn2ccnc2-c2cccs2)s1. The lowest BCUT2D eigenvalue weighted by molar-refractivity contribution is 0.820. The van der Waals surface area contributed by atoms with Crippen molar-refractivity contribution in [3.63, 3.8) is 0 Å². The molecule has 0 amide bonds. The molecule has 4 nitrogen and oxygen atoms in total. The van der Waals surface area contributed by atoms with Gasteiger partial charge in [-0.15, -0.1) is 22.7 Å². The molecule has 19 heavy (non-hydrogen) atoms. The zero-order valence-electron chi connectivity index (χ0n) is 10.5. The van der Waals surface area contributed by atoms with E-state index in [0.717, 1.165) is 24.0 Å². The molecule has 6 heteroatoms. The molecule has 3 heterocycles. The van der Waals surface area contributed by atoms with E-state index < -0.39 is 0 Å². The van der Waals surface area contributed by atoms with E-state index in [0.29, 0.717) is 0 Å². The Morgan fingerprint density at radius 3 is 3.11 bits per heavy atom. The van der Waals surface area contributed by atoms with Crippen LogP contribution in [0.25, 0.3) is 10.7 Å². The van der Waals surface area contributed by atoms with Gasteiger partial charge in [0.15, 0.2) is 5.13 Å². The first-order valence-corrected chi connectivity index (χ1v) is 7.80. The summed E-state index contributed by atoms with van der Waals surface area (Å²) in [5.41, 5.74) is 0. The molecule has 0 radical (unpaired) electrons. The molecule has 0 aliphatic carbocycles. The average Bonchev–Trinajstić information content (AvgIpc) is 3.11. The molecule has 0 spiro atoms. The van der Waals surface area contributed by atoms with E-state index in [2.05, 4.69) is 44.3 Å². The number of hydrogen-bond donors (Lipinski definition) is 1. The van der Waals surface area contributed by atoms with Gasteiger partial charge in [-0.05, 0) is 18.4 Å². The molecule has 0 aromatic carbocycles. The largest absolute Gasteiger partial charge is 0.362 e. The molecule has 3 aromatic heterocycles. The highest BCUT2D eigenvalue weighted by Gasteiger charge is 2.09. The average molecular weight is 290 g/mol. The highest BCUT2D eigenvalue weighted by molar-refractivity contribution is 7.15. The zero-order chi connectivity index (χ0) is 13.1. The minimum Gasteiger partial charge on any atom is -0.362 e. The lowest BCUT2D eigenvalue weighted by Gasteiger charge is -2.03. The fourth-order valence-corrected chi connectivity index (χ4v) is 3.46. The number of nitrogens with zero attached hydrogens (tertiary/aromatic N) is 3. The van der Waals surface area contributed by atoms with Crippen LogP contribution in [0, 0.1) is 0 Å². The third-order valence-electron chi connectivity index (χ3n) is 2.66. The fraction of sp³-hybridized carbons (Fsp3) is 0.231. The Kier molecular flexibility index (Phi) is 3.61. The summed E-state index contributed by atoms with van der Waals surface area (Å²) in [6.07, 6.45) is 5.80. The van der Waals surface area contributed by atoms with Gasteiger partial charge in [-0.2, -0.15) is 0 Å². The predicted molar refractivity (Wildman–Crippen MR) is 80.9 cm³/mol. The van der Waals surface area contributed by atoms with Gasteiger partial charge in [-0.3, -0.25) is 0 Å². The quantitative estimate of drug-likeness (QED) is 0.781. The first-order valence-electron chi connectivity index (χ1n) is 6.10. The number of anilines is 1. The standard InChI is InChI=1S/C13H14N4S2/c1-2-14-13-16-8-10(19-13)9-17-6-5-15-12(17)11-4-3-7-18-11/h3-8H,2,9H2,1H3,(H,14,16). The van der Waals surface area contributed by atoms with E-state index in [4.69, 9.17) is 0 Å². The molecular weight excluding hydrogens is 276 g/mol. The molecule has 0 fully saturated rings. The van der Waals surface area contributed by atoms with Crippen LogP contribution in [-0.2, 0) is 6.54 Å². The van der Waals surface area contributed by atoms with Crippen molar-refractivity contribution in [3.05, 3.63) is 41.0 Å². The van der Waals surface area contributed by atoms with E-state index in [9.17, 15) is 0 Å². The van der Waals surface area contributed by atoms with Gasteiger partial charge in [-0.25, -0.2) is 9.97 Å². The number of nitrogens with one attached hydrogen (secondary N) is 1. The number of thiazole rings is 1. The molecule has 0 unspecified atom stereocenters. The van der Waals surface area contributed by atoms with Crippen LogP contribution in [0.1, 0.15) is 11.8 Å². The van der Waals surface area contributed by atoms with Crippen molar-refractivity contribution in [2.45, 2.75) is 13.5 Å². The molecule has 0 saturated heterocycles. The Balaban J connectivity index is 1.81. The molecule has 0 saturated carbocycles. The summed E-state index contributed by atoms with van der Waals surface area (Å²) in [5.74, 6) is 1.02. The second-order valence-electron chi connectivity index (χ2n) is 4.02. The monoisotopic (exact) mass is 290 g/mol. The third-order valence-corrected chi connectivity index (χ3v) is 4.47. The Morgan fingerprint density at radius 1 is 1.37 bits per heavy atom. The van der Waals surface area contributed by atoms with Crippen molar-refractivity contribution in [1.82, 2.24) is 14.5 Å². The number of hydrogen-bond acceptors (Lipinski definition) is 5. The van der Waals surface area contributed by atoms with E-state index in [1.54, 1.807) is 22.7 Å². The van der Waals surface area contributed by atoms with Gasteiger partial charge >= 0.3 is 0 Å². The second-order valence-corrected chi connectivity index (χ2v) is 6.08. The number of rotatable bonds is 5. The highest BCUT2D eigenvalue weighted by atomic mass is 32.1. The molecule has 0 aliphatic rings. The Morgan fingerprint density at radius 2 is 2.32 bits per heavy atom. The predicted octanol–water partition coefficient (Wildman–Crippen LogP) is 3.55. The lowest BCUT2D eigenvalue weighted by Crippen LogP contribution is -1.98. The Hall–Kier alpha value is -1.66. The lowest BCUT2D eigenvalue weighted by atomic mass is 10.4.